The Balaban J connectivity index is 2.36. The van der Waals surface area contributed by atoms with E-state index < -0.39 is 0 Å². The summed E-state index contributed by atoms with van der Waals surface area (Å²) in [6.45, 7) is 2.06. The van der Waals surface area contributed by atoms with E-state index in [1.807, 2.05) is 23.6 Å². The Morgan fingerprint density at radius 2 is 2.13 bits per heavy atom. The summed E-state index contributed by atoms with van der Waals surface area (Å²) in [4.78, 5) is 1.03. The molecule has 0 bridgehead atoms. The van der Waals surface area contributed by atoms with Crippen molar-refractivity contribution in [2.45, 2.75) is 13.0 Å². The number of aryl methyl sites for hydroxylation is 1. The second kappa shape index (κ2) is 4.35. The van der Waals surface area contributed by atoms with Crippen LogP contribution in [0.25, 0.3) is 0 Å². The molecule has 0 radical (unpaired) electrons. The number of hydrogen-bond acceptors (Lipinski definition) is 2. The van der Waals surface area contributed by atoms with Crippen LogP contribution in [0, 0.1) is 6.92 Å². The molecule has 78 valence electrons. The smallest absolute Gasteiger partial charge is 0.0661 e. The molecule has 1 unspecified atom stereocenters. The third-order valence-corrected chi connectivity index (χ3v) is 3.77. The molecule has 0 saturated heterocycles. The van der Waals surface area contributed by atoms with Crippen molar-refractivity contribution >= 4 is 22.9 Å². The molecule has 1 atom stereocenters. The van der Waals surface area contributed by atoms with Crippen LogP contribution in [-0.2, 0) is 0 Å². The SMILES string of the molecule is Cc1cccc(C(N)c2sccc2Cl)c1. The van der Waals surface area contributed by atoms with Crippen LogP contribution in [0.2, 0.25) is 5.02 Å². The van der Waals surface area contributed by atoms with Crippen LogP contribution in [0.5, 0.6) is 0 Å². The Morgan fingerprint density at radius 1 is 1.33 bits per heavy atom. The van der Waals surface area contributed by atoms with Crippen LogP contribution in [0.15, 0.2) is 35.7 Å². The van der Waals surface area contributed by atoms with Crippen LogP contribution in [-0.4, -0.2) is 0 Å². The molecule has 0 aliphatic heterocycles. The molecule has 0 spiro atoms. The van der Waals surface area contributed by atoms with Crippen LogP contribution in [0.3, 0.4) is 0 Å². The topological polar surface area (TPSA) is 26.0 Å². The molecular weight excluding hydrogens is 226 g/mol. The third-order valence-electron chi connectivity index (χ3n) is 2.33. The van der Waals surface area contributed by atoms with E-state index in [2.05, 4.69) is 19.1 Å². The summed E-state index contributed by atoms with van der Waals surface area (Å²) in [6, 6.07) is 9.99. The zero-order valence-electron chi connectivity index (χ0n) is 8.41. The van der Waals surface area contributed by atoms with Crippen molar-refractivity contribution in [3.05, 3.63) is 56.7 Å². The molecule has 0 saturated carbocycles. The maximum absolute atomic E-state index is 6.16. The van der Waals surface area contributed by atoms with Gasteiger partial charge < -0.3 is 5.73 Å². The van der Waals surface area contributed by atoms with Crippen molar-refractivity contribution in [3.63, 3.8) is 0 Å². The van der Waals surface area contributed by atoms with Gasteiger partial charge in [0.2, 0.25) is 0 Å². The maximum atomic E-state index is 6.16. The van der Waals surface area contributed by atoms with Crippen molar-refractivity contribution in [2.75, 3.05) is 0 Å². The minimum absolute atomic E-state index is 0.114. The molecule has 2 rings (SSSR count). The van der Waals surface area contributed by atoms with Gasteiger partial charge in [0.05, 0.1) is 11.1 Å². The fourth-order valence-electron chi connectivity index (χ4n) is 1.54. The molecule has 1 aromatic carbocycles. The Labute approximate surface area is 98.5 Å². The molecule has 3 heteroatoms. The van der Waals surface area contributed by atoms with Gasteiger partial charge in [-0.3, -0.25) is 0 Å². The highest BCUT2D eigenvalue weighted by molar-refractivity contribution is 7.10. The number of nitrogens with two attached hydrogens (primary N) is 1. The van der Waals surface area contributed by atoms with Gasteiger partial charge in [-0.25, -0.2) is 0 Å². The summed E-state index contributed by atoms with van der Waals surface area (Å²) in [7, 11) is 0. The molecule has 0 amide bonds. The van der Waals surface area contributed by atoms with Gasteiger partial charge in [-0.15, -0.1) is 11.3 Å². The Hall–Kier alpha value is -0.830. The van der Waals surface area contributed by atoms with Gasteiger partial charge in [-0.1, -0.05) is 41.4 Å². The molecule has 1 aromatic heterocycles. The van der Waals surface area contributed by atoms with Crippen LogP contribution in [0.1, 0.15) is 22.0 Å². The number of rotatable bonds is 2. The lowest BCUT2D eigenvalue weighted by Crippen LogP contribution is -2.10. The first-order valence-corrected chi connectivity index (χ1v) is 5.99. The largest absolute Gasteiger partial charge is 0.320 e. The van der Waals surface area contributed by atoms with Crippen molar-refractivity contribution in [1.29, 1.82) is 0 Å². The molecular formula is C12H12ClNS. The normalized spacial score (nSPS) is 12.7. The first-order valence-electron chi connectivity index (χ1n) is 4.73. The predicted molar refractivity (Wildman–Crippen MR) is 66.5 cm³/mol. The van der Waals surface area contributed by atoms with Gasteiger partial charge in [0.25, 0.3) is 0 Å². The lowest BCUT2D eigenvalue weighted by Gasteiger charge is -2.11. The van der Waals surface area contributed by atoms with Crippen LogP contribution in [0.4, 0.5) is 0 Å². The van der Waals surface area contributed by atoms with Crippen LogP contribution >= 0.6 is 22.9 Å². The molecule has 0 aliphatic rings. The highest BCUT2D eigenvalue weighted by atomic mass is 35.5. The maximum Gasteiger partial charge on any atom is 0.0661 e. The first kappa shape index (κ1) is 10.7. The molecule has 1 nitrogen and oxygen atoms in total. The summed E-state index contributed by atoms with van der Waals surface area (Å²) in [5.41, 5.74) is 8.49. The summed E-state index contributed by atoms with van der Waals surface area (Å²) < 4.78 is 0. The summed E-state index contributed by atoms with van der Waals surface area (Å²) >= 11 is 7.66. The van der Waals surface area contributed by atoms with Crippen molar-refractivity contribution in [1.82, 2.24) is 0 Å². The number of halogens is 1. The summed E-state index contributed by atoms with van der Waals surface area (Å²) in [5.74, 6) is 0. The van der Waals surface area contributed by atoms with Crippen molar-refractivity contribution in [3.8, 4) is 0 Å². The Morgan fingerprint density at radius 3 is 2.73 bits per heavy atom. The van der Waals surface area contributed by atoms with E-state index >= 15 is 0 Å². The lowest BCUT2D eigenvalue weighted by molar-refractivity contribution is 0.892. The van der Waals surface area contributed by atoms with Gasteiger partial charge in [0.1, 0.15) is 0 Å². The van der Waals surface area contributed by atoms with E-state index in [0.29, 0.717) is 0 Å². The molecule has 0 fully saturated rings. The summed E-state index contributed by atoms with van der Waals surface area (Å²) in [6.07, 6.45) is 0. The highest BCUT2D eigenvalue weighted by Crippen LogP contribution is 2.31. The minimum atomic E-state index is -0.114. The molecule has 2 N–H and O–H groups in total. The number of thiophene rings is 1. The highest BCUT2D eigenvalue weighted by Gasteiger charge is 2.13. The monoisotopic (exact) mass is 237 g/mol. The van der Waals surface area contributed by atoms with Crippen molar-refractivity contribution < 1.29 is 0 Å². The van der Waals surface area contributed by atoms with E-state index in [-0.39, 0.29) is 6.04 Å². The predicted octanol–water partition coefficient (Wildman–Crippen LogP) is 3.76. The Bertz CT molecular complexity index is 464. The van der Waals surface area contributed by atoms with E-state index in [9.17, 15) is 0 Å². The second-order valence-corrected chi connectivity index (χ2v) is 4.88. The first-order chi connectivity index (χ1) is 7.18. The molecule has 15 heavy (non-hydrogen) atoms. The van der Waals surface area contributed by atoms with Crippen LogP contribution < -0.4 is 5.73 Å². The van der Waals surface area contributed by atoms with Crippen molar-refractivity contribution in [2.24, 2.45) is 5.73 Å². The fourth-order valence-corrected chi connectivity index (χ4v) is 2.75. The summed E-state index contributed by atoms with van der Waals surface area (Å²) in [5, 5.41) is 2.72. The molecule has 0 aliphatic carbocycles. The minimum Gasteiger partial charge on any atom is -0.320 e. The Kier molecular flexibility index (Phi) is 3.10. The third kappa shape index (κ3) is 2.23. The van der Waals surface area contributed by atoms with E-state index in [4.69, 9.17) is 17.3 Å². The van der Waals surface area contributed by atoms with Gasteiger partial charge in [-0.05, 0) is 23.9 Å². The standard InChI is InChI=1S/C12H12ClNS/c1-8-3-2-4-9(7-8)11(14)12-10(13)5-6-15-12/h2-7,11H,14H2,1H3. The zero-order valence-corrected chi connectivity index (χ0v) is 9.98. The quantitative estimate of drug-likeness (QED) is 0.846. The number of benzene rings is 1. The molecule has 2 aromatic rings. The van der Waals surface area contributed by atoms with Gasteiger partial charge >= 0.3 is 0 Å². The van der Waals surface area contributed by atoms with Gasteiger partial charge in [0.15, 0.2) is 0 Å². The number of hydrogen-bond donors (Lipinski definition) is 1. The average molecular weight is 238 g/mol. The molecule has 1 heterocycles. The fraction of sp³-hybridized carbons (Fsp3) is 0.167. The van der Waals surface area contributed by atoms with Gasteiger partial charge in [-0.2, -0.15) is 0 Å². The van der Waals surface area contributed by atoms with E-state index in [0.717, 1.165) is 15.5 Å². The average Bonchev–Trinajstić information content (AvgIpc) is 2.63. The van der Waals surface area contributed by atoms with E-state index in [1.54, 1.807) is 11.3 Å². The van der Waals surface area contributed by atoms with Gasteiger partial charge in [0, 0.05) is 4.88 Å². The second-order valence-electron chi connectivity index (χ2n) is 3.52. The van der Waals surface area contributed by atoms with E-state index in [1.165, 1.54) is 5.56 Å². The zero-order chi connectivity index (χ0) is 10.8. The lowest BCUT2D eigenvalue weighted by atomic mass is 10.0.